The van der Waals surface area contributed by atoms with Crippen molar-refractivity contribution in [2.75, 3.05) is 0 Å². The van der Waals surface area contributed by atoms with Crippen LogP contribution in [0.4, 0.5) is 13.2 Å². The van der Waals surface area contributed by atoms with Crippen LogP contribution in [0.25, 0.3) is 0 Å². The third kappa shape index (κ3) is 2.20. The van der Waals surface area contributed by atoms with E-state index < -0.39 is 23.3 Å². The molecule has 2 nitrogen and oxygen atoms in total. The number of hydrogen-bond acceptors (Lipinski definition) is 2. The summed E-state index contributed by atoms with van der Waals surface area (Å²) in [6, 6.07) is 0. The van der Waals surface area contributed by atoms with Crippen molar-refractivity contribution in [3.05, 3.63) is 12.2 Å². The molecule has 0 aromatic heterocycles. The van der Waals surface area contributed by atoms with Gasteiger partial charge in [0.05, 0.1) is 0 Å². The van der Waals surface area contributed by atoms with Gasteiger partial charge in [-0.2, -0.15) is 13.2 Å². The Morgan fingerprint density at radius 3 is 2.57 bits per heavy atom. The Kier molecular flexibility index (Phi) is 3.37. The molecule has 0 radical (unpaired) electrons. The van der Waals surface area contributed by atoms with Gasteiger partial charge in [0.25, 0.3) is 0 Å². The van der Waals surface area contributed by atoms with Crippen LogP contribution in [-0.4, -0.2) is 17.7 Å². The minimum Gasteiger partial charge on any atom is -0.455 e. The zero-order chi connectivity index (χ0) is 15.4. The normalized spacial score (nSPS) is 40.6. The average molecular weight is 302 g/mol. The van der Waals surface area contributed by atoms with Gasteiger partial charge in [-0.25, -0.2) is 4.79 Å². The summed E-state index contributed by atoms with van der Waals surface area (Å²) in [6.45, 7) is 4.88. The Labute approximate surface area is 122 Å². The molecular weight excluding hydrogens is 281 g/mol. The van der Waals surface area contributed by atoms with Crippen LogP contribution in [0, 0.1) is 23.7 Å². The van der Waals surface area contributed by atoms with Crippen LogP contribution in [0.2, 0.25) is 0 Å². The van der Waals surface area contributed by atoms with E-state index in [1.807, 2.05) is 6.92 Å². The van der Waals surface area contributed by atoms with Gasteiger partial charge < -0.3 is 4.74 Å². The van der Waals surface area contributed by atoms with Gasteiger partial charge in [-0.3, -0.25) is 0 Å². The molecule has 0 aliphatic heterocycles. The lowest BCUT2D eigenvalue weighted by Crippen LogP contribution is -2.48. The molecule has 0 spiro atoms. The Morgan fingerprint density at radius 2 is 2.00 bits per heavy atom. The SMILES string of the molecule is C=C(C(=O)OC1(CCC)C2CC3CC(C2)C1C3)C(F)(F)F. The molecule has 5 atom stereocenters. The maximum Gasteiger partial charge on any atom is 0.422 e. The van der Waals surface area contributed by atoms with Crippen molar-refractivity contribution >= 4 is 5.97 Å². The lowest BCUT2D eigenvalue weighted by molar-refractivity contribution is -0.179. The highest BCUT2D eigenvalue weighted by molar-refractivity contribution is 5.89. The number of carbonyl (C=O) groups excluding carboxylic acids is 1. The minimum atomic E-state index is -4.71. The zero-order valence-corrected chi connectivity index (χ0v) is 12.2. The second kappa shape index (κ2) is 4.75. The Balaban J connectivity index is 1.83. The predicted octanol–water partition coefficient (Wildman–Crippen LogP) is 4.25. The molecule has 0 saturated heterocycles. The molecule has 4 aliphatic carbocycles. The molecule has 0 aromatic rings. The molecule has 5 unspecified atom stereocenters. The first kappa shape index (κ1) is 14.9. The molecule has 4 fully saturated rings. The molecule has 0 amide bonds. The molecule has 0 aromatic carbocycles. The topological polar surface area (TPSA) is 26.3 Å². The molecule has 4 bridgehead atoms. The van der Waals surface area contributed by atoms with Gasteiger partial charge in [-0.15, -0.1) is 0 Å². The zero-order valence-electron chi connectivity index (χ0n) is 12.2. The van der Waals surface area contributed by atoms with Gasteiger partial charge in [-0.05, 0) is 49.9 Å². The first-order valence-electron chi connectivity index (χ1n) is 7.77. The highest BCUT2D eigenvalue weighted by atomic mass is 19.4. The highest BCUT2D eigenvalue weighted by Crippen LogP contribution is 2.65. The number of ether oxygens (including phenoxy) is 1. The first-order chi connectivity index (χ1) is 9.78. The number of rotatable bonds is 4. The third-order valence-electron chi connectivity index (χ3n) is 5.83. The molecule has 21 heavy (non-hydrogen) atoms. The van der Waals surface area contributed by atoms with Crippen LogP contribution in [-0.2, 0) is 9.53 Å². The van der Waals surface area contributed by atoms with Crippen LogP contribution in [0.1, 0.15) is 45.4 Å². The standard InChI is InChI=1S/C16H21F3O2/c1-3-4-15(21-14(20)9(2)16(17,18)19)12-6-10-5-11(8-12)13(15)7-10/h10-13H,2-8H2,1H3. The molecule has 4 saturated carbocycles. The van der Waals surface area contributed by atoms with Crippen molar-refractivity contribution in [3.8, 4) is 0 Å². The number of halogens is 3. The lowest BCUT2D eigenvalue weighted by Gasteiger charge is -2.44. The maximum atomic E-state index is 12.7. The van der Waals surface area contributed by atoms with Gasteiger partial charge in [0.15, 0.2) is 0 Å². The van der Waals surface area contributed by atoms with Crippen LogP contribution in [0.3, 0.4) is 0 Å². The number of alkyl halides is 3. The predicted molar refractivity (Wildman–Crippen MR) is 71.4 cm³/mol. The van der Waals surface area contributed by atoms with Crippen molar-refractivity contribution in [3.63, 3.8) is 0 Å². The molecule has 0 heterocycles. The largest absolute Gasteiger partial charge is 0.455 e. The minimum absolute atomic E-state index is 0.241. The maximum absolute atomic E-state index is 12.7. The Hall–Kier alpha value is -1.00. The second-order valence-corrected chi connectivity index (χ2v) is 6.94. The third-order valence-corrected chi connectivity index (χ3v) is 5.83. The van der Waals surface area contributed by atoms with E-state index in [0.29, 0.717) is 18.3 Å². The van der Waals surface area contributed by atoms with Gasteiger partial charge in [0.2, 0.25) is 0 Å². The van der Waals surface area contributed by atoms with Crippen molar-refractivity contribution in [1.82, 2.24) is 0 Å². The molecule has 4 aliphatic rings. The molecule has 0 N–H and O–H groups in total. The average Bonchev–Trinajstić information content (AvgIpc) is 2.78. The van der Waals surface area contributed by atoms with Crippen molar-refractivity contribution < 1.29 is 22.7 Å². The van der Waals surface area contributed by atoms with E-state index in [-0.39, 0.29) is 11.8 Å². The summed E-state index contributed by atoms with van der Waals surface area (Å²) in [5.74, 6) is 0.448. The molecule has 5 heteroatoms. The van der Waals surface area contributed by atoms with Crippen LogP contribution in [0.5, 0.6) is 0 Å². The van der Waals surface area contributed by atoms with Crippen molar-refractivity contribution in [2.45, 2.75) is 57.2 Å². The molecular formula is C16H21F3O2. The molecule has 4 rings (SSSR count). The quantitative estimate of drug-likeness (QED) is 0.573. The number of hydrogen-bond donors (Lipinski definition) is 0. The lowest BCUT2D eigenvalue weighted by atomic mass is 9.70. The van der Waals surface area contributed by atoms with Crippen LogP contribution >= 0.6 is 0 Å². The van der Waals surface area contributed by atoms with Crippen LogP contribution < -0.4 is 0 Å². The fourth-order valence-corrected chi connectivity index (χ4v) is 5.20. The fourth-order valence-electron chi connectivity index (χ4n) is 5.20. The van der Waals surface area contributed by atoms with Crippen molar-refractivity contribution in [1.29, 1.82) is 0 Å². The highest BCUT2D eigenvalue weighted by Gasteiger charge is 2.64. The number of carbonyl (C=O) groups is 1. The van der Waals surface area contributed by atoms with Gasteiger partial charge in [0, 0.05) is 5.92 Å². The van der Waals surface area contributed by atoms with Gasteiger partial charge >= 0.3 is 12.1 Å². The van der Waals surface area contributed by atoms with E-state index in [1.165, 1.54) is 0 Å². The van der Waals surface area contributed by atoms with Gasteiger partial charge in [-0.1, -0.05) is 19.9 Å². The Bertz CT molecular complexity index is 467. The summed E-state index contributed by atoms with van der Waals surface area (Å²) in [5, 5.41) is 0. The summed E-state index contributed by atoms with van der Waals surface area (Å²) < 4.78 is 43.5. The summed E-state index contributed by atoms with van der Waals surface area (Å²) in [5.41, 5.74) is -2.05. The Morgan fingerprint density at radius 1 is 1.29 bits per heavy atom. The van der Waals surface area contributed by atoms with E-state index >= 15 is 0 Å². The summed E-state index contributed by atoms with van der Waals surface area (Å²) in [6.07, 6.45) is 0.946. The van der Waals surface area contributed by atoms with Crippen molar-refractivity contribution in [2.24, 2.45) is 23.7 Å². The summed E-state index contributed by atoms with van der Waals surface area (Å²) >= 11 is 0. The van der Waals surface area contributed by atoms with E-state index in [9.17, 15) is 18.0 Å². The van der Waals surface area contributed by atoms with Gasteiger partial charge in [0.1, 0.15) is 11.2 Å². The van der Waals surface area contributed by atoms with E-state index in [4.69, 9.17) is 4.74 Å². The number of esters is 1. The van der Waals surface area contributed by atoms with E-state index in [1.54, 1.807) is 0 Å². The summed E-state index contributed by atoms with van der Waals surface area (Å²) in [4.78, 5) is 11.9. The monoisotopic (exact) mass is 302 g/mol. The smallest absolute Gasteiger partial charge is 0.422 e. The van der Waals surface area contributed by atoms with Crippen LogP contribution in [0.15, 0.2) is 12.2 Å². The fraction of sp³-hybridized carbons (Fsp3) is 0.812. The first-order valence-corrected chi connectivity index (χ1v) is 7.77. The van der Waals surface area contributed by atoms with E-state index in [2.05, 4.69) is 6.58 Å². The van der Waals surface area contributed by atoms with E-state index in [0.717, 1.165) is 32.1 Å². The summed E-state index contributed by atoms with van der Waals surface area (Å²) in [7, 11) is 0. The molecule has 118 valence electrons. The second-order valence-electron chi connectivity index (χ2n) is 6.94.